The van der Waals surface area contributed by atoms with Gasteiger partial charge in [-0.3, -0.25) is 0 Å². The second kappa shape index (κ2) is 5.46. The van der Waals surface area contributed by atoms with Gasteiger partial charge in [-0.25, -0.2) is 8.42 Å². The van der Waals surface area contributed by atoms with Crippen LogP contribution in [0, 0.1) is 0 Å². The van der Waals surface area contributed by atoms with Crippen LogP contribution in [0.2, 0.25) is 0 Å². The van der Waals surface area contributed by atoms with Gasteiger partial charge in [-0.15, -0.1) is 11.6 Å². The molecular formula is C13H21ClN2O2S. The lowest BCUT2D eigenvalue weighted by atomic mass is 10.4. The Bertz CT molecular complexity index is 547. The summed E-state index contributed by atoms with van der Waals surface area (Å²) in [5, 5.41) is 0. The third kappa shape index (κ3) is 2.83. The zero-order chi connectivity index (χ0) is 14.2. The lowest BCUT2D eigenvalue weighted by Gasteiger charge is -2.23. The Morgan fingerprint density at radius 1 is 1.47 bits per heavy atom. The van der Waals surface area contributed by atoms with Gasteiger partial charge in [-0.1, -0.05) is 6.92 Å². The molecule has 0 bridgehead atoms. The first kappa shape index (κ1) is 14.9. The molecule has 19 heavy (non-hydrogen) atoms. The molecule has 1 aromatic rings. The van der Waals surface area contributed by atoms with E-state index < -0.39 is 10.0 Å². The van der Waals surface area contributed by atoms with Crippen LogP contribution in [-0.4, -0.2) is 29.9 Å². The zero-order valence-corrected chi connectivity index (χ0v) is 13.2. The van der Waals surface area contributed by atoms with Crippen molar-refractivity contribution in [1.82, 2.24) is 8.87 Å². The van der Waals surface area contributed by atoms with E-state index in [9.17, 15) is 8.42 Å². The molecule has 1 aliphatic rings. The third-order valence-electron chi connectivity index (χ3n) is 3.48. The summed E-state index contributed by atoms with van der Waals surface area (Å²) >= 11 is 5.91. The number of alkyl halides is 1. The maximum absolute atomic E-state index is 12.6. The molecule has 4 nitrogen and oxygen atoms in total. The highest BCUT2D eigenvalue weighted by Gasteiger charge is 2.31. The molecule has 0 N–H and O–H groups in total. The molecule has 1 fully saturated rings. The molecule has 0 unspecified atom stereocenters. The number of rotatable bonds is 6. The summed E-state index contributed by atoms with van der Waals surface area (Å²) in [6, 6.07) is 2.11. The van der Waals surface area contributed by atoms with Crippen molar-refractivity contribution in [2.75, 3.05) is 6.54 Å². The molecule has 2 rings (SSSR count). The van der Waals surface area contributed by atoms with Crippen molar-refractivity contribution >= 4 is 21.6 Å². The van der Waals surface area contributed by atoms with Crippen LogP contribution in [0.15, 0.2) is 17.2 Å². The van der Waals surface area contributed by atoms with Gasteiger partial charge in [0.2, 0.25) is 10.0 Å². The number of sulfonamides is 1. The fraction of sp³-hybridized carbons (Fsp3) is 0.692. The fourth-order valence-electron chi connectivity index (χ4n) is 2.39. The van der Waals surface area contributed by atoms with Crippen LogP contribution in [0.1, 0.15) is 45.3 Å². The van der Waals surface area contributed by atoms with Crippen LogP contribution in [0.25, 0.3) is 0 Å². The summed E-state index contributed by atoms with van der Waals surface area (Å²) in [6.45, 7) is 6.12. The molecule has 0 aromatic carbocycles. The Labute approximate surface area is 120 Å². The van der Waals surface area contributed by atoms with Crippen LogP contribution in [0.4, 0.5) is 0 Å². The predicted molar refractivity (Wildman–Crippen MR) is 77.0 cm³/mol. The van der Waals surface area contributed by atoms with Gasteiger partial charge in [-0.05, 0) is 32.8 Å². The largest absolute Gasteiger partial charge is 0.346 e. The van der Waals surface area contributed by atoms with Crippen molar-refractivity contribution in [1.29, 1.82) is 0 Å². The normalized spacial score (nSPS) is 16.5. The minimum absolute atomic E-state index is 0.0428. The quantitative estimate of drug-likeness (QED) is 0.758. The monoisotopic (exact) mass is 304 g/mol. The molecule has 1 saturated carbocycles. The molecule has 0 amide bonds. The lowest BCUT2D eigenvalue weighted by Crippen LogP contribution is -2.36. The van der Waals surface area contributed by atoms with E-state index in [-0.39, 0.29) is 6.04 Å². The minimum atomic E-state index is -3.41. The average Bonchev–Trinajstić information content (AvgIpc) is 3.07. The summed E-state index contributed by atoms with van der Waals surface area (Å²) in [6.07, 6.45) is 3.97. The Hall–Kier alpha value is -0.520. The zero-order valence-electron chi connectivity index (χ0n) is 11.6. The van der Waals surface area contributed by atoms with Crippen molar-refractivity contribution in [3.8, 4) is 0 Å². The first-order chi connectivity index (χ1) is 8.91. The third-order valence-corrected chi connectivity index (χ3v) is 5.87. The van der Waals surface area contributed by atoms with Crippen LogP contribution in [0.3, 0.4) is 0 Å². The molecule has 1 aliphatic carbocycles. The maximum atomic E-state index is 12.6. The number of aromatic nitrogens is 1. The van der Waals surface area contributed by atoms with Gasteiger partial charge >= 0.3 is 0 Å². The Morgan fingerprint density at radius 2 is 2.11 bits per heavy atom. The summed E-state index contributed by atoms with van der Waals surface area (Å²) < 4.78 is 28.7. The Morgan fingerprint density at radius 3 is 2.53 bits per heavy atom. The van der Waals surface area contributed by atoms with Crippen molar-refractivity contribution in [3.05, 3.63) is 18.0 Å². The van der Waals surface area contributed by atoms with Crippen LogP contribution in [-0.2, 0) is 15.9 Å². The molecule has 0 aliphatic heterocycles. The van der Waals surface area contributed by atoms with Gasteiger partial charge in [-0.2, -0.15) is 4.31 Å². The Balaban J connectivity index is 2.40. The van der Waals surface area contributed by atoms with Crippen LogP contribution in [0.5, 0.6) is 0 Å². The second-order valence-electron chi connectivity index (χ2n) is 5.24. The van der Waals surface area contributed by atoms with E-state index >= 15 is 0 Å². The van der Waals surface area contributed by atoms with Gasteiger partial charge in [0.1, 0.15) is 4.90 Å². The summed E-state index contributed by atoms with van der Waals surface area (Å²) in [7, 11) is -3.41. The molecular weight excluding hydrogens is 284 g/mol. The number of halogens is 1. The second-order valence-corrected chi connectivity index (χ2v) is 7.40. The molecule has 0 spiro atoms. The highest BCUT2D eigenvalue weighted by atomic mass is 35.5. The molecule has 1 aromatic heterocycles. The predicted octanol–water partition coefficient (Wildman–Crippen LogP) is 2.98. The summed E-state index contributed by atoms with van der Waals surface area (Å²) in [4.78, 5) is 0.366. The van der Waals surface area contributed by atoms with Crippen LogP contribution < -0.4 is 0 Å². The number of hydrogen-bond acceptors (Lipinski definition) is 2. The molecule has 0 radical (unpaired) electrons. The molecule has 6 heteroatoms. The van der Waals surface area contributed by atoms with E-state index in [0.717, 1.165) is 18.5 Å². The number of hydrogen-bond donors (Lipinski definition) is 0. The lowest BCUT2D eigenvalue weighted by molar-refractivity contribution is 0.369. The van der Waals surface area contributed by atoms with Crippen molar-refractivity contribution in [3.63, 3.8) is 0 Å². The van der Waals surface area contributed by atoms with E-state index in [1.165, 1.54) is 4.31 Å². The highest BCUT2D eigenvalue weighted by molar-refractivity contribution is 7.89. The number of nitrogens with zero attached hydrogens (tertiary/aromatic N) is 2. The fourth-order valence-corrected chi connectivity index (χ4v) is 4.30. The molecule has 0 atom stereocenters. The molecule has 1 heterocycles. The first-order valence-corrected chi connectivity index (χ1v) is 8.67. The maximum Gasteiger partial charge on any atom is 0.244 e. The van der Waals surface area contributed by atoms with Gasteiger partial charge in [0.05, 0.1) is 5.88 Å². The Kier molecular flexibility index (Phi) is 4.28. The van der Waals surface area contributed by atoms with Gasteiger partial charge < -0.3 is 4.57 Å². The van der Waals surface area contributed by atoms with Crippen molar-refractivity contribution < 1.29 is 8.42 Å². The van der Waals surface area contributed by atoms with Gasteiger partial charge in [0.25, 0.3) is 0 Å². The molecule has 108 valence electrons. The molecule has 0 saturated heterocycles. The standard InChI is InChI=1S/C13H21ClN2O2S/c1-4-16(10(2)3)19(17,18)13-7-12(8-14)15(9-13)11-5-6-11/h7,9-11H,4-6,8H2,1-3H3. The average molecular weight is 305 g/mol. The smallest absolute Gasteiger partial charge is 0.244 e. The van der Waals surface area contributed by atoms with Crippen molar-refractivity contribution in [2.24, 2.45) is 0 Å². The van der Waals surface area contributed by atoms with E-state index in [1.807, 2.05) is 25.3 Å². The van der Waals surface area contributed by atoms with E-state index in [1.54, 1.807) is 12.3 Å². The SMILES string of the molecule is CCN(C(C)C)S(=O)(=O)c1cc(CCl)n(C2CC2)c1. The first-order valence-electron chi connectivity index (χ1n) is 6.70. The highest BCUT2D eigenvalue weighted by Crippen LogP contribution is 2.38. The topological polar surface area (TPSA) is 42.3 Å². The van der Waals surface area contributed by atoms with E-state index in [0.29, 0.717) is 23.4 Å². The minimum Gasteiger partial charge on any atom is -0.346 e. The van der Waals surface area contributed by atoms with E-state index in [4.69, 9.17) is 11.6 Å². The van der Waals surface area contributed by atoms with Crippen molar-refractivity contribution in [2.45, 2.75) is 56.5 Å². The van der Waals surface area contributed by atoms with Gasteiger partial charge in [0.15, 0.2) is 0 Å². The summed E-state index contributed by atoms with van der Waals surface area (Å²) in [5.41, 5.74) is 0.891. The van der Waals surface area contributed by atoms with Crippen LogP contribution >= 0.6 is 11.6 Å². The van der Waals surface area contributed by atoms with Gasteiger partial charge in [0, 0.05) is 30.5 Å². The summed E-state index contributed by atoms with van der Waals surface area (Å²) in [5.74, 6) is 0.347. The van der Waals surface area contributed by atoms with E-state index in [2.05, 4.69) is 0 Å².